The normalized spacial score (nSPS) is 12.5. The largest absolute Gasteiger partial charge is 0.490 e. The number of carbonyl (C=O) groups excluding carboxylic acids is 3. The van der Waals surface area contributed by atoms with E-state index < -0.39 is 30.0 Å². The molecule has 0 radical (unpaired) electrons. The van der Waals surface area contributed by atoms with Crippen LogP contribution in [0.2, 0.25) is 0 Å². The topological polar surface area (TPSA) is 355 Å². The number of benzene rings is 2. The van der Waals surface area contributed by atoms with Crippen LogP contribution in [0.15, 0.2) is 88.2 Å². The average molecular weight is 1360 g/mol. The maximum absolute atomic E-state index is 12.9. The second-order valence-electron chi connectivity index (χ2n) is 21.5. The van der Waals surface area contributed by atoms with Crippen molar-refractivity contribution >= 4 is 34.5 Å². The quantitative estimate of drug-likeness (QED) is 0.0349. The second kappa shape index (κ2) is 51.7. The molecule has 0 bridgehead atoms. The van der Waals surface area contributed by atoms with Crippen LogP contribution in [-0.4, -0.2) is 272 Å². The average Bonchev–Trinajstić information content (AvgIpc) is 1.71. The number of nitrogens with two attached hydrogens (primary N) is 1. The van der Waals surface area contributed by atoms with Crippen LogP contribution in [-0.2, 0) is 94.1 Å². The first kappa shape index (κ1) is 80.2. The molecular formula is C66H100N8O22. The van der Waals surface area contributed by atoms with E-state index in [4.69, 9.17) is 85.9 Å². The molecule has 6 N–H and O–H groups in total. The van der Waals surface area contributed by atoms with E-state index in [1.807, 2.05) is 44.2 Å². The summed E-state index contributed by atoms with van der Waals surface area (Å²) in [5.74, 6) is -0.570. The Bertz CT molecular complexity index is 2880. The molecule has 0 saturated carbocycles. The standard InChI is InChI=1S/C66H100N8O22/c1-51(2)47-59(71-65(79)62(76)55(67)48-52-7-5-4-6-8-52)63(77)68-15-16-80-17-18-81-19-20-82-21-22-83-23-24-84-25-26-85-27-28-86-29-30-87-31-32-88-33-34-89-35-36-90-37-38-91-39-40-92-41-42-93-43-44-94-45-46-95-54-10-11-56(69-50-54)64(78)70-53-9-13-60-58(49-53)72-66(96-60)57-12-14-61(75)74(3)73-57/h4-14,49-51,55,59,62,76H,15-48,67H2,1-3H3,(H,68,77)(H,70,78)(H,71,79)/t55-,59+,62+/m1/s1. The van der Waals surface area contributed by atoms with Crippen LogP contribution < -0.4 is 32.0 Å². The number of hydrogen-bond donors (Lipinski definition) is 5. The Balaban J connectivity index is 0.656. The Kier molecular flexibility index (Phi) is 43.1. The first-order chi connectivity index (χ1) is 47.0. The van der Waals surface area contributed by atoms with Crippen molar-refractivity contribution in [3.63, 3.8) is 0 Å². The summed E-state index contributed by atoms with van der Waals surface area (Å²) in [6.45, 7) is 17.3. The van der Waals surface area contributed by atoms with Crippen molar-refractivity contribution in [2.24, 2.45) is 18.7 Å². The molecule has 0 aliphatic heterocycles. The van der Waals surface area contributed by atoms with Gasteiger partial charge in [0.25, 0.3) is 17.4 Å². The number of aliphatic hydroxyl groups is 1. The van der Waals surface area contributed by atoms with E-state index in [1.165, 1.54) is 23.0 Å². The molecule has 96 heavy (non-hydrogen) atoms. The number of fused-ring (bicyclic) bond motifs is 1. The molecule has 3 amide bonds. The monoisotopic (exact) mass is 1360 g/mol. The van der Waals surface area contributed by atoms with Gasteiger partial charge in [0.1, 0.15) is 41.4 Å². The molecule has 5 rings (SSSR count). The number of nitrogens with one attached hydrogen (secondary N) is 3. The molecular weight excluding hydrogens is 1260 g/mol. The minimum atomic E-state index is -1.46. The maximum atomic E-state index is 12.9. The number of rotatable bonds is 60. The molecule has 30 heteroatoms. The maximum Gasteiger partial charge on any atom is 0.274 e. The number of aryl methyl sites for hydroxylation is 1. The highest BCUT2D eigenvalue weighted by molar-refractivity contribution is 6.03. The van der Waals surface area contributed by atoms with E-state index in [2.05, 4.69) is 31.0 Å². The molecule has 0 spiro atoms. The molecule has 0 saturated heterocycles. The summed E-state index contributed by atoms with van der Waals surface area (Å²) >= 11 is 0. The van der Waals surface area contributed by atoms with Gasteiger partial charge in [0, 0.05) is 31.4 Å². The molecule has 0 aliphatic carbocycles. The highest BCUT2D eigenvalue weighted by Crippen LogP contribution is 2.25. The van der Waals surface area contributed by atoms with Gasteiger partial charge in [-0.1, -0.05) is 44.2 Å². The lowest BCUT2D eigenvalue weighted by Gasteiger charge is -2.24. The Labute approximate surface area is 560 Å². The third-order valence-corrected chi connectivity index (χ3v) is 13.4. The Hall–Kier alpha value is -6.53. The van der Waals surface area contributed by atoms with Crippen LogP contribution in [0.5, 0.6) is 5.75 Å². The number of oxazole rings is 1. The van der Waals surface area contributed by atoms with Crippen molar-refractivity contribution in [1.82, 2.24) is 30.4 Å². The zero-order valence-corrected chi connectivity index (χ0v) is 55.7. The van der Waals surface area contributed by atoms with Crippen LogP contribution in [0.4, 0.5) is 5.69 Å². The lowest BCUT2D eigenvalue weighted by molar-refractivity contribution is -0.135. The van der Waals surface area contributed by atoms with Crippen LogP contribution in [0.25, 0.3) is 22.7 Å². The summed E-state index contributed by atoms with van der Waals surface area (Å²) in [5.41, 5.74) is 8.88. The number of anilines is 1. The van der Waals surface area contributed by atoms with Gasteiger partial charge in [-0.2, -0.15) is 5.10 Å². The van der Waals surface area contributed by atoms with Crippen LogP contribution >= 0.6 is 0 Å². The van der Waals surface area contributed by atoms with E-state index in [-0.39, 0.29) is 42.1 Å². The number of pyridine rings is 1. The zero-order chi connectivity index (χ0) is 68.3. The number of nitrogens with zero attached hydrogens (tertiary/aromatic N) is 4. The van der Waals surface area contributed by atoms with Crippen molar-refractivity contribution in [2.75, 3.05) is 217 Å². The lowest BCUT2D eigenvalue weighted by Crippen LogP contribution is -2.54. The summed E-state index contributed by atoms with van der Waals surface area (Å²) < 4.78 is 95.7. The van der Waals surface area contributed by atoms with Gasteiger partial charge in [-0.25, -0.2) is 14.6 Å². The van der Waals surface area contributed by atoms with Gasteiger partial charge < -0.3 is 107 Å². The van der Waals surface area contributed by atoms with Gasteiger partial charge in [0.05, 0.1) is 204 Å². The minimum Gasteiger partial charge on any atom is -0.490 e. The summed E-state index contributed by atoms with van der Waals surface area (Å²) in [6, 6.07) is 18.9. The molecule has 3 atom stereocenters. The highest BCUT2D eigenvalue weighted by atomic mass is 16.6. The Morgan fingerprint density at radius 2 is 1.00 bits per heavy atom. The van der Waals surface area contributed by atoms with Crippen molar-refractivity contribution in [3.8, 4) is 17.3 Å². The third-order valence-electron chi connectivity index (χ3n) is 13.4. The van der Waals surface area contributed by atoms with Gasteiger partial charge in [0.2, 0.25) is 11.8 Å². The summed E-state index contributed by atoms with van der Waals surface area (Å²) in [7, 11) is 1.54. The Morgan fingerprint density at radius 1 is 0.552 bits per heavy atom. The van der Waals surface area contributed by atoms with Gasteiger partial charge >= 0.3 is 0 Å². The fraction of sp³-hybridized carbons (Fsp3) is 0.621. The number of amides is 3. The van der Waals surface area contributed by atoms with Gasteiger partial charge in [-0.15, -0.1) is 0 Å². The van der Waals surface area contributed by atoms with Crippen LogP contribution in [0.1, 0.15) is 36.3 Å². The van der Waals surface area contributed by atoms with Crippen LogP contribution in [0, 0.1) is 5.92 Å². The number of carbonyl (C=O) groups is 3. The van der Waals surface area contributed by atoms with Gasteiger partial charge in [-0.3, -0.25) is 19.2 Å². The predicted octanol–water partition coefficient (Wildman–Crippen LogP) is 2.44. The second-order valence-corrected chi connectivity index (χ2v) is 21.5. The van der Waals surface area contributed by atoms with E-state index in [0.717, 1.165) is 5.56 Å². The molecule has 3 heterocycles. The van der Waals surface area contributed by atoms with E-state index in [1.54, 1.807) is 37.4 Å². The number of aliphatic hydroxyl groups excluding tert-OH is 1. The summed E-state index contributed by atoms with van der Waals surface area (Å²) in [4.78, 5) is 58.8. The van der Waals surface area contributed by atoms with Gasteiger partial charge in [-0.05, 0) is 60.7 Å². The van der Waals surface area contributed by atoms with Crippen molar-refractivity contribution in [1.29, 1.82) is 0 Å². The fourth-order valence-corrected chi connectivity index (χ4v) is 8.45. The first-order valence-corrected chi connectivity index (χ1v) is 32.5. The van der Waals surface area contributed by atoms with Gasteiger partial charge in [0.15, 0.2) is 5.58 Å². The third kappa shape index (κ3) is 36.7. The predicted molar refractivity (Wildman–Crippen MR) is 351 cm³/mol. The molecule has 536 valence electrons. The minimum absolute atomic E-state index is 0.125. The zero-order valence-electron chi connectivity index (χ0n) is 55.7. The van der Waals surface area contributed by atoms with Crippen molar-refractivity contribution in [2.45, 2.75) is 44.9 Å². The number of ether oxygens (including phenoxy) is 16. The lowest BCUT2D eigenvalue weighted by atomic mass is 10.00. The molecule has 5 aromatic rings. The van der Waals surface area contributed by atoms with E-state index >= 15 is 0 Å². The Morgan fingerprint density at radius 3 is 1.43 bits per heavy atom. The summed E-state index contributed by atoms with van der Waals surface area (Å²) in [6.07, 6.45) is 0.735. The molecule has 0 fully saturated rings. The molecule has 30 nitrogen and oxygen atoms in total. The molecule has 2 aromatic carbocycles. The first-order valence-electron chi connectivity index (χ1n) is 32.5. The molecule has 0 unspecified atom stereocenters. The molecule has 3 aromatic heterocycles. The van der Waals surface area contributed by atoms with Crippen molar-refractivity contribution < 1.29 is 99.7 Å². The van der Waals surface area contributed by atoms with Crippen molar-refractivity contribution in [3.05, 3.63) is 101 Å². The summed E-state index contributed by atoms with van der Waals surface area (Å²) in [5, 5.41) is 23.0. The smallest absolute Gasteiger partial charge is 0.274 e. The van der Waals surface area contributed by atoms with E-state index in [9.17, 15) is 24.3 Å². The SMILES string of the molecule is CC(C)C[C@H](NC(=O)[C@@H](O)[C@H](N)Cc1ccccc1)C(=O)NCCOCCOCCOCCOCCOCCOCCOCCOCCOCCOCCOCCOCCOCCOCCOCCOc1ccc(C(=O)Nc2ccc3oc(-c4ccc(=O)n(C)n4)nc3c2)nc1. The number of aromatic nitrogens is 4. The highest BCUT2D eigenvalue weighted by Gasteiger charge is 2.29. The molecule has 0 aliphatic rings. The fourth-order valence-electron chi connectivity index (χ4n) is 8.45. The van der Waals surface area contributed by atoms with Crippen LogP contribution in [0.3, 0.4) is 0 Å². The number of hydrogen-bond acceptors (Lipinski definition) is 26. The van der Waals surface area contributed by atoms with E-state index in [0.29, 0.717) is 239 Å².